The maximum absolute atomic E-state index is 12.6. The van der Waals surface area contributed by atoms with Gasteiger partial charge in [-0.05, 0) is 61.2 Å². The molecule has 3 aromatic rings. The number of nitrogens with one attached hydrogen (secondary N) is 1. The van der Waals surface area contributed by atoms with Crippen molar-refractivity contribution in [3.05, 3.63) is 71.1 Å². The summed E-state index contributed by atoms with van der Waals surface area (Å²) in [5.74, 6) is 1.52. The minimum atomic E-state index is -0.0191. The number of hydrogen-bond acceptors (Lipinski definition) is 4. The third kappa shape index (κ3) is 4.37. The average Bonchev–Trinajstić information content (AvgIpc) is 3.23. The number of carbonyl (C=O) groups excluding carboxylic acids is 1. The van der Waals surface area contributed by atoms with E-state index >= 15 is 0 Å². The fraction of sp³-hybridized carbons (Fsp3) is 0.261. The van der Waals surface area contributed by atoms with Crippen LogP contribution in [0.2, 0.25) is 0 Å². The predicted molar refractivity (Wildman–Crippen MR) is 112 cm³/mol. The van der Waals surface area contributed by atoms with Gasteiger partial charge in [-0.3, -0.25) is 4.79 Å². The Morgan fingerprint density at radius 3 is 2.64 bits per heavy atom. The second kappa shape index (κ2) is 8.48. The van der Waals surface area contributed by atoms with E-state index < -0.39 is 0 Å². The van der Waals surface area contributed by atoms with Gasteiger partial charge in [-0.2, -0.15) is 0 Å². The van der Waals surface area contributed by atoms with Gasteiger partial charge in [0.05, 0.1) is 4.88 Å². The lowest BCUT2D eigenvalue weighted by atomic mass is 10.1. The molecule has 1 atom stereocenters. The molecule has 0 fully saturated rings. The van der Waals surface area contributed by atoms with Crippen LogP contribution in [0.4, 0.5) is 0 Å². The van der Waals surface area contributed by atoms with Crippen molar-refractivity contribution in [2.45, 2.75) is 25.8 Å². The van der Waals surface area contributed by atoms with Gasteiger partial charge in [0.25, 0.3) is 5.91 Å². The number of rotatable bonds is 6. The molecule has 5 heteroatoms. The first-order chi connectivity index (χ1) is 13.7. The summed E-state index contributed by atoms with van der Waals surface area (Å²) in [5, 5.41) is 3.11. The Balaban J connectivity index is 1.37. The van der Waals surface area contributed by atoms with E-state index in [2.05, 4.69) is 24.4 Å². The highest BCUT2D eigenvalue weighted by Crippen LogP contribution is 2.36. The van der Waals surface area contributed by atoms with Crippen LogP contribution in [0.15, 0.2) is 60.7 Å². The van der Waals surface area contributed by atoms with Crippen molar-refractivity contribution in [3.8, 4) is 21.9 Å². The monoisotopic (exact) mass is 393 g/mol. The normalized spacial score (nSPS) is 13.8. The second-order valence-corrected chi connectivity index (χ2v) is 8.00. The summed E-state index contributed by atoms with van der Waals surface area (Å²) in [4.78, 5) is 14.4. The van der Waals surface area contributed by atoms with E-state index in [4.69, 9.17) is 9.47 Å². The quantitative estimate of drug-likeness (QED) is 0.645. The van der Waals surface area contributed by atoms with Crippen molar-refractivity contribution in [2.75, 3.05) is 13.2 Å². The van der Waals surface area contributed by atoms with E-state index in [1.54, 1.807) is 0 Å². The number of ether oxygens (including phenoxy) is 2. The van der Waals surface area contributed by atoms with E-state index in [9.17, 15) is 4.79 Å². The molecule has 2 aromatic carbocycles. The Hall–Kier alpha value is -2.79. The summed E-state index contributed by atoms with van der Waals surface area (Å²) in [5.41, 5.74) is 2.33. The zero-order valence-corrected chi connectivity index (χ0v) is 16.6. The molecule has 1 aliphatic rings. The van der Waals surface area contributed by atoms with Gasteiger partial charge in [0.15, 0.2) is 11.5 Å². The molecule has 0 saturated carbocycles. The first-order valence-electron chi connectivity index (χ1n) is 9.54. The number of hydrogen-bond donors (Lipinski definition) is 1. The molecule has 1 amide bonds. The molecular weight excluding hydrogens is 370 g/mol. The van der Waals surface area contributed by atoms with E-state index in [1.807, 2.05) is 48.5 Å². The standard InChI is InChI=1S/C23H23NO3S/c1-16(7-8-17-5-3-2-4-6-17)24-23(25)22-12-11-21(28-22)18-9-10-19-20(15-18)27-14-13-26-19/h2-6,9-12,15-16H,7-8,13-14H2,1H3,(H,24,25). The Kier molecular flexibility index (Phi) is 5.63. The molecule has 0 bridgehead atoms. The largest absolute Gasteiger partial charge is 0.486 e. The SMILES string of the molecule is CC(CCc1ccccc1)NC(=O)c1ccc(-c2ccc3c(c2)OCCO3)s1. The molecule has 0 aliphatic carbocycles. The number of amides is 1. The van der Waals surface area contributed by atoms with Gasteiger partial charge in [-0.25, -0.2) is 0 Å². The van der Waals surface area contributed by atoms with Crippen LogP contribution in [0.25, 0.3) is 10.4 Å². The second-order valence-electron chi connectivity index (χ2n) is 6.92. The van der Waals surface area contributed by atoms with Crippen LogP contribution in [0.1, 0.15) is 28.6 Å². The van der Waals surface area contributed by atoms with Crippen LogP contribution in [-0.2, 0) is 6.42 Å². The molecule has 144 valence electrons. The van der Waals surface area contributed by atoms with Crippen LogP contribution >= 0.6 is 11.3 Å². The Labute approximate surface area is 169 Å². The van der Waals surface area contributed by atoms with Crippen LogP contribution in [-0.4, -0.2) is 25.2 Å². The van der Waals surface area contributed by atoms with Gasteiger partial charge in [0, 0.05) is 10.9 Å². The molecule has 28 heavy (non-hydrogen) atoms. The highest BCUT2D eigenvalue weighted by molar-refractivity contribution is 7.17. The minimum Gasteiger partial charge on any atom is -0.486 e. The molecular formula is C23H23NO3S. The van der Waals surface area contributed by atoms with Crippen molar-refractivity contribution in [2.24, 2.45) is 0 Å². The Morgan fingerprint density at radius 1 is 1.04 bits per heavy atom. The average molecular weight is 394 g/mol. The van der Waals surface area contributed by atoms with Crippen molar-refractivity contribution in [3.63, 3.8) is 0 Å². The van der Waals surface area contributed by atoms with Gasteiger partial charge in [0.2, 0.25) is 0 Å². The lowest BCUT2D eigenvalue weighted by Gasteiger charge is -2.18. The fourth-order valence-corrected chi connectivity index (χ4v) is 4.11. The highest BCUT2D eigenvalue weighted by Gasteiger charge is 2.16. The van der Waals surface area contributed by atoms with E-state index in [0.717, 1.165) is 39.7 Å². The molecule has 1 N–H and O–H groups in total. The van der Waals surface area contributed by atoms with Crippen molar-refractivity contribution in [1.82, 2.24) is 5.32 Å². The molecule has 1 unspecified atom stereocenters. The molecule has 0 radical (unpaired) electrons. The van der Waals surface area contributed by atoms with Crippen molar-refractivity contribution >= 4 is 17.2 Å². The van der Waals surface area contributed by atoms with Gasteiger partial charge in [-0.1, -0.05) is 30.3 Å². The summed E-state index contributed by atoms with van der Waals surface area (Å²) < 4.78 is 11.2. The fourth-order valence-electron chi connectivity index (χ4n) is 3.21. The smallest absolute Gasteiger partial charge is 0.261 e. The predicted octanol–water partition coefficient (Wildman–Crippen LogP) is 4.94. The first kappa shape index (κ1) is 18.6. The van der Waals surface area contributed by atoms with Crippen LogP contribution in [0, 0.1) is 0 Å². The lowest BCUT2D eigenvalue weighted by molar-refractivity contribution is 0.0942. The van der Waals surface area contributed by atoms with Crippen LogP contribution < -0.4 is 14.8 Å². The van der Waals surface area contributed by atoms with Gasteiger partial charge in [0.1, 0.15) is 13.2 Å². The van der Waals surface area contributed by atoms with Gasteiger partial charge < -0.3 is 14.8 Å². The van der Waals surface area contributed by atoms with Crippen molar-refractivity contribution in [1.29, 1.82) is 0 Å². The molecule has 1 aromatic heterocycles. The maximum atomic E-state index is 12.6. The number of thiophene rings is 1. The number of fused-ring (bicyclic) bond motifs is 1. The molecule has 0 spiro atoms. The molecule has 4 nitrogen and oxygen atoms in total. The third-order valence-electron chi connectivity index (χ3n) is 4.74. The van der Waals surface area contributed by atoms with Gasteiger partial charge in [-0.15, -0.1) is 11.3 Å². The van der Waals surface area contributed by atoms with Gasteiger partial charge >= 0.3 is 0 Å². The topological polar surface area (TPSA) is 47.6 Å². The lowest BCUT2D eigenvalue weighted by Crippen LogP contribution is -2.32. The van der Waals surface area contributed by atoms with Crippen LogP contribution in [0.3, 0.4) is 0 Å². The molecule has 2 heterocycles. The van der Waals surface area contributed by atoms with E-state index in [-0.39, 0.29) is 11.9 Å². The first-order valence-corrected chi connectivity index (χ1v) is 10.4. The summed E-state index contributed by atoms with van der Waals surface area (Å²) in [6, 6.07) is 20.2. The molecule has 0 saturated heterocycles. The summed E-state index contributed by atoms with van der Waals surface area (Å²) in [6.07, 6.45) is 1.87. The zero-order chi connectivity index (χ0) is 19.3. The zero-order valence-electron chi connectivity index (χ0n) is 15.8. The highest BCUT2D eigenvalue weighted by atomic mass is 32.1. The molecule has 1 aliphatic heterocycles. The van der Waals surface area contributed by atoms with E-state index in [1.165, 1.54) is 16.9 Å². The number of benzene rings is 2. The van der Waals surface area contributed by atoms with E-state index in [0.29, 0.717) is 13.2 Å². The summed E-state index contributed by atoms with van der Waals surface area (Å²) in [7, 11) is 0. The molecule has 4 rings (SSSR count). The number of carbonyl (C=O) groups is 1. The third-order valence-corrected chi connectivity index (χ3v) is 5.88. The van der Waals surface area contributed by atoms with Crippen LogP contribution in [0.5, 0.6) is 11.5 Å². The Morgan fingerprint density at radius 2 is 1.82 bits per heavy atom. The number of aryl methyl sites for hydroxylation is 1. The maximum Gasteiger partial charge on any atom is 0.261 e. The Bertz CT molecular complexity index is 951. The summed E-state index contributed by atoms with van der Waals surface area (Å²) in [6.45, 7) is 3.20. The summed E-state index contributed by atoms with van der Waals surface area (Å²) >= 11 is 1.49. The minimum absolute atomic E-state index is 0.0191. The van der Waals surface area contributed by atoms with Crippen molar-refractivity contribution < 1.29 is 14.3 Å².